The van der Waals surface area contributed by atoms with Crippen LogP contribution in [0.1, 0.15) is 76.1 Å². The van der Waals surface area contributed by atoms with Crippen LogP contribution < -0.4 is 0 Å². The molecule has 190 valence electrons. The number of esters is 1. The summed E-state index contributed by atoms with van der Waals surface area (Å²) in [5, 5.41) is 46.7. The molecule has 0 aromatic carbocycles. The molecule has 0 bridgehead atoms. The molecule has 0 aliphatic heterocycles. The van der Waals surface area contributed by atoms with Crippen LogP contribution in [0.5, 0.6) is 0 Å². The molecule has 8 atom stereocenters. The molecule has 0 radical (unpaired) electrons. The lowest BCUT2D eigenvalue weighted by atomic mass is 9.42. The number of aliphatic hydroxyl groups excluding tert-OH is 1. The summed E-state index contributed by atoms with van der Waals surface area (Å²) in [4.78, 5) is 30.0. The Morgan fingerprint density at radius 2 is 1.89 bits per heavy atom. The van der Waals surface area contributed by atoms with E-state index < -0.39 is 57.5 Å². The fourth-order valence-electron chi connectivity index (χ4n) is 8.05. The van der Waals surface area contributed by atoms with Crippen molar-refractivity contribution in [2.45, 2.75) is 94.7 Å². The van der Waals surface area contributed by atoms with E-state index in [0.29, 0.717) is 19.3 Å². The highest BCUT2D eigenvalue weighted by molar-refractivity contribution is 5.90. The van der Waals surface area contributed by atoms with Gasteiger partial charge in [-0.3, -0.25) is 9.78 Å². The van der Waals surface area contributed by atoms with E-state index in [1.165, 1.54) is 19.3 Å². The molecule has 0 unspecified atom stereocenters. The van der Waals surface area contributed by atoms with Crippen LogP contribution in [0, 0.1) is 16.7 Å². The van der Waals surface area contributed by atoms with E-state index in [1.807, 2.05) is 13.0 Å². The summed E-state index contributed by atoms with van der Waals surface area (Å²) in [5.74, 6) is -1.69. The highest BCUT2D eigenvalue weighted by Crippen LogP contribution is 2.70. The number of carbonyl (C=O) groups is 2. The third-order valence-electron chi connectivity index (χ3n) is 10.3. The Labute approximate surface area is 205 Å². The highest BCUT2D eigenvalue weighted by Gasteiger charge is 2.81. The van der Waals surface area contributed by atoms with Gasteiger partial charge in [0.1, 0.15) is 22.9 Å². The molecule has 0 spiro atoms. The van der Waals surface area contributed by atoms with Crippen LogP contribution in [0.2, 0.25) is 0 Å². The Bertz CT molecular complexity index is 1090. The van der Waals surface area contributed by atoms with Gasteiger partial charge in [0.15, 0.2) is 5.78 Å². The van der Waals surface area contributed by atoms with Crippen LogP contribution in [-0.2, 0) is 9.53 Å². The van der Waals surface area contributed by atoms with Crippen molar-refractivity contribution < 1.29 is 34.8 Å². The maximum atomic E-state index is 13.2. The fourth-order valence-corrected chi connectivity index (χ4v) is 8.05. The number of Topliss-reactive ketones (excluding diaryl/α,β-unsaturated/α-hetero) is 1. The predicted octanol–water partition coefficient (Wildman–Crippen LogP) is 2.09. The molecule has 35 heavy (non-hydrogen) atoms. The Morgan fingerprint density at radius 3 is 2.54 bits per heavy atom. The van der Waals surface area contributed by atoms with Gasteiger partial charge in [-0.15, -0.1) is 0 Å². The minimum atomic E-state index is -1.98. The van der Waals surface area contributed by atoms with Crippen molar-refractivity contribution in [1.82, 2.24) is 4.98 Å². The van der Waals surface area contributed by atoms with Gasteiger partial charge in [-0.25, -0.2) is 4.79 Å². The lowest BCUT2D eigenvalue weighted by Crippen LogP contribution is -2.78. The largest absolute Gasteiger partial charge is 0.458 e. The summed E-state index contributed by atoms with van der Waals surface area (Å²) < 4.78 is 6.01. The first-order valence-electron chi connectivity index (χ1n) is 12.5. The zero-order chi connectivity index (χ0) is 25.4. The SMILES string of the molecule is CC(=O)[C@]1(O)CC[C@@]2(O)[C@]1(C)[C@H](OC(=O)c1cccnc1)C[C@H]1[C@@]3(C)CC[C@H](O)CC3=CC[C@]12O. The highest BCUT2D eigenvalue weighted by atomic mass is 16.5. The summed E-state index contributed by atoms with van der Waals surface area (Å²) in [7, 11) is 0. The molecule has 5 rings (SSSR count). The van der Waals surface area contributed by atoms with Crippen molar-refractivity contribution in [3.8, 4) is 0 Å². The Hall–Kier alpha value is -2.13. The topological polar surface area (TPSA) is 137 Å². The molecule has 8 nitrogen and oxygen atoms in total. The van der Waals surface area contributed by atoms with E-state index in [2.05, 4.69) is 4.98 Å². The molecule has 0 amide bonds. The van der Waals surface area contributed by atoms with Crippen LogP contribution >= 0.6 is 0 Å². The number of aliphatic hydroxyl groups is 4. The smallest absolute Gasteiger partial charge is 0.339 e. The molecule has 3 saturated carbocycles. The molecule has 1 aromatic heterocycles. The first-order chi connectivity index (χ1) is 16.3. The minimum Gasteiger partial charge on any atom is -0.458 e. The van der Waals surface area contributed by atoms with E-state index in [-0.39, 0.29) is 31.2 Å². The maximum absolute atomic E-state index is 13.2. The Balaban J connectivity index is 1.65. The van der Waals surface area contributed by atoms with Crippen molar-refractivity contribution in [3.05, 3.63) is 41.7 Å². The number of fused-ring (bicyclic) bond motifs is 5. The molecule has 1 heterocycles. The van der Waals surface area contributed by atoms with E-state index in [1.54, 1.807) is 19.1 Å². The van der Waals surface area contributed by atoms with Crippen LogP contribution in [0.3, 0.4) is 0 Å². The van der Waals surface area contributed by atoms with Crippen LogP contribution in [-0.4, -0.2) is 66.2 Å². The van der Waals surface area contributed by atoms with Gasteiger partial charge >= 0.3 is 5.97 Å². The summed E-state index contributed by atoms with van der Waals surface area (Å²) in [5.41, 5.74) is -6.40. The number of hydrogen-bond acceptors (Lipinski definition) is 8. The van der Waals surface area contributed by atoms with Crippen LogP contribution in [0.15, 0.2) is 36.2 Å². The molecule has 4 aliphatic rings. The molecule has 1 aromatic rings. The molecule has 4 aliphatic carbocycles. The van der Waals surface area contributed by atoms with Gasteiger partial charge in [-0.2, -0.15) is 0 Å². The van der Waals surface area contributed by atoms with E-state index in [0.717, 1.165) is 5.57 Å². The predicted molar refractivity (Wildman–Crippen MR) is 125 cm³/mol. The van der Waals surface area contributed by atoms with Crippen molar-refractivity contribution in [2.75, 3.05) is 0 Å². The molecule has 8 heteroatoms. The van der Waals surface area contributed by atoms with Crippen molar-refractivity contribution >= 4 is 11.8 Å². The Morgan fingerprint density at radius 1 is 1.14 bits per heavy atom. The Kier molecular flexibility index (Phi) is 5.39. The maximum Gasteiger partial charge on any atom is 0.339 e. The number of pyridine rings is 1. The fraction of sp³-hybridized carbons (Fsp3) is 0.667. The first kappa shape index (κ1) is 24.6. The average Bonchev–Trinajstić information content (AvgIpc) is 3.06. The lowest BCUT2D eigenvalue weighted by molar-refractivity contribution is -0.312. The second-order valence-electron chi connectivity index (χ2n) is 11.6. The number of nitrogens with zero attached hydrogens (tertiary/aromatic N) is 1. The standard InChI is InChI=1S/C27H35NO7/c1-16(29)25(32)10-11-27(34)24(25,3)21(35-22(31)17-5-4-12-28-15-17)14-20-23(2)8-7-19(30)13-18(23)6-9-26(20,27)33/h4-6,12,15,19-21,30,32-34H,7-11,13-14H2,1-3H3/t19-,20-,21+,23-,24+,25+,26-,27+/m0/s1. The zero-order valence-corrected chi connectivity index (χ0v) is 20.5. The van der Waals surface area contributed by atoms with Crippen molar-refractivity contribution in [2.24, 2.45) is 16.7 Å². The number of rotatable bonds is 3. The minimum absolute atomic E-state index is 0.00456. The molecular weight excluding hydrogens is 450 g/mol. The number of aromatic nitrogens is 1. The van der Waals surface area contributed by atoms with E-state index in [4.69, 9.17) is 4.74 Å². The molecule has 3 fully saturated rings. The molecule has 4 N–H and O–H groups in total. The van der Waals surface area contributed by atoms with E-state index >= 15 is 0 Å². The summed E-state index contributed by atoms with van der Waals surface area (Å²) in [6.07, 6.45) is 5.28. The quantitative estimate of drug-likeness (QED) is 0.377. The summed E-state index contributed by atoms with van der Waals surface area (Å²) in [6, 6.07) is 3.18. The van der Waals surface area contributed by atoms with Gasteiger partial charge in [0.05, 0.1) is 17.1 Å². The lowest BCUT2D eigenvalue weighted by Gasteiger charge is -2.67. The monoisotopic (exact) mass is 485 g/mol. The summed E-state index contributed by atoms with van der Waals surface area (Å²) >= 11 is 0. The first-order valence-corrected chi connectivity index (χ1v) is 12.5. The average molecular weight is 486 g/mol. The second-order valence-corrected chi connectivity index (χ2v) is 11.6. The number of hydrogen-bond donors (Lipinski definition) is 4. The third kappa shape index (κ3) is 2.97. The van der Waals surface area contributed by atoms with Gasteiger partial charge in [0, 0.05) is 18.3 Å². The third-order valence-corrected chi connectivity index (χ3v) is 10.3. The van der Waals surface area contributed by atoms with E-state index in [9.17, 15) is 30.0 Å². The number of ether oxygens (including phenoxy) is 1. The normalized spacial score (nSPS) is 46.6. The second kappa shape index (κ2) is 7.68. The molecule has 0 saturated heterocycles. The number of ketones is 1. The van der Waals surface area contributed by atoms with Gasteiger partial charge in [-0.1, -0.05) is 18.6 Å². The zero-order valence-electron chi connectivity index (χ0n) is 20.5. The van der Waals surface area contributed by atoms with Gasteiger partial charge in [0.2, 0.25) is 0 Å². The van der Waals surface area contributed by atoms with Gasteiger partial charge in [0.25, 0.3) is 0 Å². The molecular formula is C27H35NO7. The van der Waals surface area contributed by atoms with Gasteiger partial charge in [-0.05, 0) is 76.3 Å². The van der Waals surface area contributed by atoms with Crippen molar-refractivity contribution in [3.63, 3.8) is 0 Å². The number of carbonyl (C=O) groups excluding carboxylic acids is 2. The summed E-state index contributed by atoms with van der Waals surface area (Å²) in [6.45, 7) is 4.89. The van der Waals surface area contributed by atoms with Crippen molar-refractivity contribution in [1.29, 1.82) is 0 Å². The van der Waals surface area contributed by atoms with Crippen LogP contribution in [0.25, 0.3) is 0 Å². The van der Waals surface area contributed by atoms with Gasteiger partial charge < -0.3 is 25.2 Å². The van der Waals surface area contributed by atoms with Crippen LogP contribution in [0.4, 0.5) is 0 Å².